The molecule has 1 rings (SSSR count). The van der Waals surface area contributed by atoms with E-state index in [9.17, 15) is 9.59 Å². The molecule has 1 unspecified atom stereocenters. The summed E-state index contributed by atoms with van der Waals surface area (Å²) in [7, 11) is 0. The van der Waals surface area contributed by atoms with Crippen LogP contribution in [0.25, 0.3) is 0 Å². The zero-order chi connectivity index (χ0) is 11.3. The topological polar surface area (TPSA) is 43.4 Å². The van der Waals surface area contributed by atoms with Crippen molar-refractivity contribution in [2.24, 2.45) is 0 Å². The van der Waals surface area contributed by atoms with Crippen molar-refractivity contribution in [3.05, 3.63) is 34.9 Å². The van der Waals surface area contributed by atoms with Crippen LogP contribution in [0.4, 0.5) is 0 Å². The zero-order valence-electron chi connectivity index (χ0n) is 8.27. The van der Waals surface area contributed by atoms with Gasteiger partial charge >= 0.3 is 5.97 Å². The van der Waals surface area contributed by atoms with E-state index in [-0.39, 0.29) is 6.61 Å². The normalized spacial score (nSPS) is 11.9. The molecule has 15 heavy (non-hydrogen) atoms. The van der Waals surface area contributed by atoms with Crippen LogP contribution >= 0.6 is 11.6 Å². The largest absolute Gasteiger partial charge is 0.465 e. The van der Waals surface area contributed by atoms with E-state index < -0.39 is 11.9 Å². The molecule has 1 aromatic carbocycles. The van der Waals surface area contributed by atoms with Crippen LogP contribution in [0.2, 0.25) is 5.02 Å². The molecule has 0 aromatic heterocycles. The van der Waals surface area contributed by atoms with Crippen LogP contribution in [0.3, 0.4) is 0 Å². The van der Waals surface area contributed by atoms with Crippen molar-refractivity contribution in [3.63, 3.8) is 0 Å². The molecule has 80 valence electrons. The molecule has 0 radical (unpaired) electrons. The quantitative estimate of drug-likeness (QED) is 0.449. The van der Waals surface area contributed by atoms with E-state index >= 15 is 0 Å². The number of carbonyl (C=O) groups is 2. The van der Waals surface area contributed by atoms with Crippen LogP contribution in [0.15, 0.2) is 24.3 Å². The SMILES string of the molecule is CCOC(=O)C(C=O)c1cccc(Cl)c1. The standard InChI is InChI=1S/C11H11ClO3/c1-2-15-11(14)10(7-13)8-4-3-5-9(12)6-8/h3-7,10H,2H2,1H3. The average molecular weight is 227 g/mol. The predicted octanol–water partition coefficient (Wildman–Crippen LogP) is 2.19. The van der Waals surface area contributed by atoms with Gasteiger partial charge in [-0.15, -0.1) is 0 Å². The van der Waals surface area contributed by atoms with Crippen molar-refractivity contribution < 1.29 is 14.3 Å². The molecule has 0 saturated carbocycles. The molecular weight excluding hydrogens is 216 g/mol. The maximum Gasteiger partial charge on any atom is 0.320 e. The first-order valence-electron chi connectivity index (χ1n) is 4.56. The number of benzene rings is 1. The molecule has 0 fully saturated rings. The number of esters is 1. The molecule has 0 bridgehead atoms. The number of aldehydes is 1. The van der Waals surface area contributed by atoms with E-state index in [2.05, 4.69) is 0 Å². The maximum atomic E-state index is 11.4. The summed E-state index contributed by atoms with van der Waals surface area (Å²) in [6.45, 7) is 1.95. The van der Waals surface area contributed by atoms with E-state index in [1.807, 2.05) is 0 Å². The van der Waals surface area contributed by atoms with Crippen molar-refractivity contribution in [2.45, 2.75) is 12.8 Å². The summed E-state index contributed by atoms with van der Waals surface area (Å²) in [6, 6.07) is 6.62. The van der Waals surface area contributed by atoms with Gasteiger partial charge in [-0.3, -0.25) is 4.79 Å². The van der Waals surface area contributed by atoms with E-state index in [0.717, 1.165) is 0 Å². The number of halogens is 1. The van der Waals surface area contributed by atoms with Gasteiger partial charge in [-0.25, -0.2) is 0 Å². The highest BCUT2D eigenvalue weighted by atomic mass is 35.5. The molecule has 0 amide bonds. The Morgan fingerprint density at radius 2 is 2.33 bits per heavy atom. The van der Waals surface area contributed by atoms with Gasteiger partial charge in [-0.1, -0.05) is 23.7 Å². The van der Waals surface area contributed by atoms with E-state index in [1.165, 1.54) is 0 Å². The Kier molecular flexibility index (Phi) is 4.31. The molecule has 4 heteroatoms. The number of ether oxygens (including phenoxy) is 1. The van der Waals surface area contributed by atoms with Gasteiger partial charge in [0.2, 0.25) is 0 Å². The lowest BCUT2D eigenvalue weighted by Crippen LogP contribution is -2.17. The third-order valence-electron chi connectivity index (χ3n) is 1.88. The number of rotatable bonds is 4. The molecule has 1 atom stereocenters. The van der Waals surface area contributed by atoms with Crippen LogP contribution in [0.1, 0.15) is 18.4 Å². The van der Waals surface area contributed by atoms with Gasteiger partial charge in [-0.2, -0.15) is 0 Å². The first kappa shape index (κ1) is 11.7. The Balaban J connectivity index is 2.92. The van der Waals surface area contributed by atoms with Crippen LogP contribution in [0.5, 0.6) is 0 Å². The van der Waals surface area contributed by atoms with E-state index in [0.29, 0.717) is 16.9 Å². The predicted molar refractivity (Wildman–Crippen MR) is 56.9 cm³/mol. The van der Waals surface area contributed by atoms with Gasteiger partial charge in [-0.05, 0) is 24.6 Å². The Morgan fingerprint density at radius 1 is 1.60 bits per heavy atom. The first-order chi connectivity index (χ1) is 7.19. The molecule has 1 aromatic rings. The Hall–Kier alpha value is -1.35. The summed E-state index contributed by atoms with van der Waals surface area (Å²) in [5, 5.41) is 0.489. The minimum Gasteiger partial charge on any atom is -0.465 e. The summed E-state index contributed by atoms with van der Waals surface area (Å²) in [4.78, 5) is 22.2. The van der Waals surface area contributed by atoms with Crippen molar-refractivity contribution in [3.8, 4) is 0 Å². The molecule has 0 aliphatic heterocycles. The molecule has 0 saturated heterocycles. The monoisotopic (exact) mass is 226 g/mol. The Bertz CT molecular complexity index is 363. The van der Waals surface area contributed by atoms with E-state index in [4.69, 9.17) is 16.3 Å². The molecule has 3 nitrogen and oxygen atoms in total. The van der Waals surface area contributed by atoms with Gasteiger partial charge in [0.25, 0.3) is 0 Å². The lowest BCUT2D eigenvalue weighted by atomic mass is 10.0. The summed E-state index contributed by atoms with van der Waals surface area (Å²) in [5.41, 5.74) is 0.552. The van der Waals surface area contributed by atoms with Crippen LogP contribution < -0.4 is 0 Å². The Labute approximate surface area is 93.0 Å². The maximum absolute atomic E-state index is 11.4. The highest BCUT2D eigenvalue weighted by Gasteiger charge is 2.21. The van der Waals surface area contributed by atoms with Crippen molar-refractivity contribution in [2.75, 3.05) is 6.61 Å². The number of hydrogen-bond acceptors (Lipinski definition) is 3. The fourth-order valence-corrected chi connectivity index (χ4v) is 1.40. The second-order valence-electron chi connectivity index (χ2n) is 2.92. The zero-order valence-corrected chi connectivity index (χ0v) is 9.03. The Morgan fingerprint density at radius 3 is 2.87 bits per heavy atom. The highest BCUT2D eigenvalue weighted by Crippen LogP contribution is 2.19. The minimum absolute atomic E-state index is 0.254. The number of carbonyl (C=O) groups excluding carboxylic acids is 2. The van der Waals surface area contributed by atoms with Gasteiger partial charge in [0.05, 0.1) is 6.61 Å². The molecule has 0 aliphatic rings. The number of hydrogen-bond donors (Lipinski definition) is 0. The second kappa shape index (κ2) is 5.51. The van der Waals surface area contributed by atoms with Crippen molar-refractivity contribution >= 4 is 23.9 Å². The smallest absolute Gasteiger partial charge is 0.320 e. The molecule has 0 heterocycles. The fourth-order valence-electron chi connectivity index (χ4n) is 1.20. The highest BCUT2D eigenvalue weighted by molar-refractivity contribution is 6.30. The van der Waals surface area contributed by atoms with Crippen molar-refractivity contribution in [1.29, 1.82) is 0 Å². The third-order valence-corrected chi connectivity index (χ3v) is 2.12. The molecule has 0 spiro atoms. The average Bonchev–Trinajstić information content (AvgIpc) is 2.19. The summed E-state index contributed by atoms with van der Waals surface area (Å²) < 4.78 is 4.78. The summed E-state index contributed by atoms with van der Waals surface area (Å²) in [6.07, 6.45) is 0.559. The molecule has 0 aliphatic carbocycles. The second-order valence-corrected chi connectivity index (χ2v) is 3.36. The van der Waals surface area contributed by atoms with Crippen LogP contribution in [-0.2, 0) is 14.3 Å². The van der Waals surface area contributed by atoms with E-state index in [1.54, 1.807) is 31.2 Å². The lowest BCUT2D eigenvalue weighted by molar-refractivity contribution is -0.146. The first-order valence-corrected chi connectivity index (χ1v) is 4.94. The lowest BCUT2D eigenvalue weighted by Gasteiger charge is -2.09. The summed E-state index contributed by atoms with van der Waals surface area (Å²) in [5.74, 6) is -1.43. The van der Waals surface area contributed by atoms with Gasteiger partial charge < -0.3 is 9.53 Å². The van der Waals surface area contributed by atoms with Crippen LogP contribution in [0, 0.1) is 0 Å². The molecule has 0 N–H and O–H groups in total. The van der Waals surface area contributed by atoms with Gasteiger partial charge in [0.1, 0.15) is 12.2 Å². The summed E-state index contributed by atoms with van der Waals surface area (Å²) >= 11 is 5.76. The molecular formula is C11H11ClO3. The minimum atomic E-state index is -0.886. The van der Waals surface area contributed by atoms with Gasteiger partial charge in [0.15, 0.2) is 0 Å². The van der Waals surface area contributed by atoms with Gasteiger partial charge in [0, 0.05) is 5.02 Å². The van der Waals surface area contributed by atoms with Crippen LogP contribution in [-0.4, -0.2) is 18.9 Å². The van der Waals surface area contributed by atoms with Crippen molar-refractivity contribution in [1.82, 2.24) is 0 Å². The third kappa shape index (κ3) is 3.06. The fraction of sp³-hybridized carbons (Fsp3) is 0.273.